The Morgan fingerprint density at radius 1 is 1.30 bits per heavy atom. The van der Waals surface area contributed by atoms with E-state index in [2.05, 4.69) is 0 Å². The van der Waals surface area contributed by atoms with Crippen molar-refractivity contribution in [3.63, 3.8) is 0 Å². The summed E-state index contributed by atoms with van der Waals surface area (Å²) in [5.41, 5.74) is -2.02. The van der Waals surface area contributed by atoms with E-state index in [4.69, 9.17) is 18.9 Å². The highest BCUT2D eigenvalue weighted by Crippen LogP contribution is 2.71. The molecule has 3 fully saturated rings. The Morgan fingerprint density at radius 3 is 2.52 bits per heavy atom. The van der Waals surface area contributed by atoms with Gasteiger partial charge < -0.3 is 29.2 Å². The number of aliphatic hydroxyl groups excluding tert-OH is 2. The van der Waals surface area contributed by atoms with Crippen molar-refractivity contribution in [2.45, 2.75) is 70.2 Å². The van der Waals surface area contributed by atoms with Gasteiger partial charge in [0.15, 0.2) is 0 Å². The maximum Gasteiger partial charge on any atom is 0.302 e. The van der Waals surface area contributed by atoms with Crippen molar-refractivity contribution in [1.82, 2.24) is 0 Å². The summed E-state index contributed by atoms with van der Waals surface area (Å²) in [4.78, 5) is 23.2. The van der Waals surface area contributed by atoms with E-state index < -0.39 is 58.9 Å². The average Bonchev–Trinajstić information content (AvgIpc) is 3.34. The third-order valence-corrected chi connectivity index (χ3v) is 7.16. The molecule has 2 N–H and O–H groups in total. The predicted octanol–water partition coefficient (Wildman–Crippen LogP) is 0.0957. The zero-order valence-corrected chi connectivity index (χ0v) is 15.9. The van der Waals surface area contributed by atoms with Gasteiger partial charge in [-0.3, -0.25) is 9.59 Å². The summed E-state index contributed by atoms with van der Waals surface area (Å²) in [6.07, 6.45) is -1.81. The number of aliphatic hydroxyl groups is 2. The first-order valence-corrected chi connectivity index (χ1v) is 9.23. The molecule has 0 aromatic carbocycles. The molecule has 1 saturated carbocycles. The van der Waals surface area contributed by atoms with Crippen molar-refractivity contribution in [2.24, 2.45) is 10.8 Å². The fraction of sp³-hybridized carbons (Fsp3) is 0.789. The Kier molecular flexibility index (Phi) is 4.03. The van der Waals surface area contributed by atoms with Crippen molar-refractivity contribution in [1.29, 1.82) is 0 Å². The third-order valence-electron chi connectivity index (χ3n) is 7.16. The van der Waals surface area contributed by atoms with E-state index in [-0.39, 0.29) is 6.61 Å². The van der Waals surface area contributed by atoms with Crippen molar-refractivity contribution in [3.05, 3.63) is 11.6 Å². The van der Waals surface area contributed by atoms with E-state index in [1.807, 2.05) is 6.92 Å². The van der Waals surface area contributed by atoms with Crippen molar-refractivity contribution in [3.8, 4) is 0 Å². The fourth-order valence-corrected chi connectivity index (χ4v) is 5.65. The van der Waals surface area contributed by atoms with Gasteiger partial charge in [0, 0.05) is 19.3 Å². The van der Waals surface area contributed by atoms with E-state index in [1.165, 1.54) is 13.8 Å². The molecular formula is C19H26O8. The van der Waals surface area contributed by atoms with Crippen LogP contribution < -0.4 is 0 Å². The summed E-state index contributed by atoms with van der Waals surface area (Å²) in [7, 11) is 0. The quantitative estimate of drug-likeness (QED) is 0.401. The number of rotatable bonds is 3. The van der Waals surface area contributed by atoms with Crippen LogP contribution in [0.5, 0.6) is 0 Å². The summed E-state index contributed by atoms with van der Waals surface area (Å²) in [5.74, 6) is -0.901. The Bertz CT molecular complexity index is 712. The first kappa shape index (κ1) is 18.9. The molecule has 2 bridgehead atoms. The number of ether oxygens (including phenoxy) is 4. The van der Waals surface area contributed by atoms with Crippen LogP contribution >= 0.6 is 0 Å². The molecule has 2 saturated heterocycles. The van der Waals surface area contributed by atoms with Crippen LogP contribution in [0.15, 0.2) is 11.6 Å². The summed E-state index contributed by atoms with van der Waals surface area (Å²) in [5, 5.41) is 21.8. The molecular weight excluding hydrogens is 356 g/mol. The molecule has 2 aliphatic carbocycles. The zero-order valence-electron chi connectivity index (χ0n) is 15.9. The molecule has 8 heteroatoms. The van der Waals surface area contributed by atoms with Gasteiger partial charge in [0.05, 0.1) is 24.2 Å². The predicted molar refractivity (Wildman–Crippen MR) is 90.5 cm³/mol. The van der Waals surface area contributed by atoms with E-state index in [0.717, 1.165) is 0 Å². The number of carbonyl (C=O) groups is 2. The molecule has 2 unspecified atom stereocenters. The summed E-state index contributed by atoms with van der Waals surface area (Å²) in [6.45, 7) is 6.57. The molecule has 4 aliphatic rings. The first-order chi connectivity index (χ1) is 12.6. The lowest BCUT2D eigenvalue weighted by atomic mass is 9.50. The van der Waals surface area contributed by atoms with Crippen LogP contribution in [0.3, 0.4) is 0 Å². The monoisotopic (exact) mass is 382 g/mol. The zero-order chi connectivity index (χ0) is 19.8. The van der Waals surface area contributed by atoms with Crippen LogP contribution in [0.25, 0.3) is 0 Å². The average molecular weight is 382 g/mol. The summed E-state index contributed by atoms with van der Waals surface area (Å²) >= 11 is 0. The lowest BCUT2D eigenvalue weighted by molar-refractivity contribution is -0.264. The Hall–Kier alpha value is -1.48. The molecule has 8 atom stereocenters. The van der Waals surface area contributed by atoms with E-state index in [9.17, 15) is 19.8 Å². The van der Waals surface area contributed by atoms with Gasteiger partial charge in [-0.25, -0.2) is 0 Å². The molecule has 1 spiro atoms. The highest BCUT2D eigenvalue weighted by molar-refractivity contribution is 5.66. The molecule has 27 heavy (non-hydrogen) atoms. The van der Waals surface area contributed by atoms with Crippen molar-refractivity contribution >= 4 is 11.9 Å². The normalized spacial score (nSPS) is 50.0. The highest BCUT2D eigenvalue weighted by atomic mass is 16.7. The Balaban J connectivity index is 1.85. The van der Waals surface area contributed by atoms with Crippen LogP contribution in [0.1, 0.15) is 34.1 Å². The maximum absolute atomic E-state index is 11.6. The minimum absolute atomic E-state index is 0.129. The first-order valence-electron chi connectivity index (χ1n) is 9.23. The topological polar surface area (TPSA) is 115 Å². The summed E-state index contributed by atoms with van der Waals surface area (Å²) < 4.78 is 23.1. The van der Waals surface area contributed by atoms with E-state index in [1.54, 1.807) is 13.0 Å². The van der Waals surface area contributed by atoms with E-state index in [0.29, 0.717) is 18.6 Å². The smallest absolute Gasteiger partial charge is 0.302 e. The number of epoxide rings is 1. The number of esters is 2. The molecule has 4 rings (SSSR count). The second kappa shape index (κ2) is 5.76. The lowest BCUT2D eigenvalue weighted by Crippen LogP contribution is -2.71. The van der Waals surface area contributed by atoms with Gasteiger partial charge in [0.2, 0.25) is 0 Å². The van der Waals surface area contributed by atoms with Gasteiger partial charge in [0.1, 0.15) is 30.5 Å². The molecule has 0 amide bonds. The van der Waals surface area contributed by atoms with Crippen molar-refractivity contribution in [2.75, 3.05) is 13.2 Å². The fourth-order valence-electron chi connectivity index (χ4n) is 5.65. The molecule has 2 heterocycles. The SMILES string of the molecule is CC(=O)OC[C@]12[C@H](O)[C@H](O)C(C)=C[C@H]1OC1[C@H](OC(C)=O)C[C@@]2(C)C12CO2. The van der Waals surface area contributed by atoms with Crippen molar-refractivity contribution < 1.29 is 38.7 Å². The molecule has 2 aliphatic heterocycles. The van der Waals surface area contributed by atoms with Gasteiger partial charge >= 0.3 is 11.9 Å². The summed E-state index contributed by atoms with van der Waals surface area (Å²) in [6, 6.07) is 0. The minimum Gasteiger partial charge on any atom is -0.465 e. The van der Waals surface area contributed by atoms with Crippen LogP contribution in [-0.4, -0.2) is 71.5 Å². The molecule has 150 valence electrons. The molecule has 0 radical (unpaired) electrons. The van der Waals surface area contributed by atoms with Gasteiger partial charge in [-0.05, 0) is 18.9 Å². The second-order valence-electron chi connectivity index (χ2n) is 8.46. The largest absolute Gasteiger partial charge is 0.465 e. The van der Waals surface area contributed by atoms with Gasteiger partial charge in [-0.2, -0.15) is 0 Å². The minimum atomic E-state index is -1.23. The van der Waals surface area contributed by atoms with Crippen LogP contribution in [0.2, 0.25) is 0 Å². The third kappa shape index (κ3) is 2.24. The van der Waals surface area contributed by atoms with Crippen LogP contribution in [-0.2, 0) is 28.5 Å². The van der Waals surface area contributed by atoms with Gasteiger partial charge in [0.25, 0.3) is 0 Å². The van der Waals surface area contributed by atoms with E-state index >= 15 is 0 Å². The lowest BCUT2D eigenvalue weighted by Gasteiger charge is -2.59. The van der Waals surface area contributed by atoms with Crippen LogP contribution in [0, 0.1) is 10.8 Å². The number of hydrogen-bond donors (Lipinski definition) is 2. The molecule has 8 nitrogen and oxygen atoms in total. The number of hydrogen-bond acceptors (Lipinski definition) is 8. The second-order valence-corrected chi connectivity index (χ2v) is 8.46. The Labute approximate surface area is 157 Å². The standard InChI is InChI=1S/C19H26O8/c1-9-5-13-18(7-24-10(2)20,15(23)14(9)22)17(4)6-12(26-11(3)21)16(27-13)19(17)8-25-19/h5,12-16,22-23H,6-8H2,1-4H3/t12-,13-,14-,15-,16?,17-,18-,19?/m1/s1. The molecule has 0 aromatic rings. The number of fused-ring (bicyclic) bond motifs is 2. The molecule has 0 aromatic heterocycles. The Morgan fingerprint density at radius 2 is 1.96 bits per heavy atom. The van der Waals surface area contributed by atoms with Gasteiger partial charge in [-0.15, -0.1) is 0 Å². The highest BCUT2D eigenvalue weighted by Gasteiger charge is 2.84. The maximum atomic E-state index is 11.6. The van der Waals surface area contributed by atoms with Gasteiger partial charge in [-0.1, -0.05) is 13.0 Å². The number of carbonyl (C=O) groups excluding carboxylic acids is 2. The van der Waals surface area contributed by atoms with Crippen LogP contribution in [0.4, 0.5) is 0 Å².